The van der Waals surface area contributed by atoms with Gasteiger partial charge in [-0.2, -0.15) is 0 Å². The van der Waals surface area contributed by atoms with Crippen LogP contribution in [-0.4, -0.2) is 32.8 Å². The SMILES string of the molecule is CCOCCNC(=NC)NCc1ccccc1OCc1ccccc1. The summed E-state index contributed by atoms with van der Waals surface area (Å²) < 4.78 is 11.3. The Labute approximate surface area is 150 Å². The van der Waals surface area contributed by atoms with Crippen molar-refractivity contribution in [1.82, 2.24) is 10.6 Å². The van der Waals surface area contributed by atoms with Gasteiger partial charge in [-0.1, -0.05) is 48.5 Å². The van der Waals surface area contributed by atoms with E-state index in [0.29, 0.717) is 19.8 Å². The molecule has 0 unspecified atom stereocenters. The van der Waals surface area contributed by atoms with E-state index in [0.717, 1.165) is 36.0 Å². The normalized spacial score (nSPS) is 11.2. The Morgan fingerprint density at radius 3 is 2.52 bits per heavy atom. The van der Waals surface area contributed by atoms with Crippen LogP contribution in [0, 0.1) is 0 Å². The largest absolute Gasteiger partial charge is 0.489 e. The van der Waals surface area contributed by atoms with Gasteiger partial charge in [0.1, 0.15) is 12.4 Å². The van der Waals surface area contributed by atoms with E-state index in [-0.39, 0.29) is 0 Å². The Kier molecular flexibility index (Phi) is 8.35. The van der Waals surface area contributed by atoms with Crippen molar-refractivity contribution in [3.63, 3.8) is 0 Å². The van der Waals surface area contributed by atoms with Crippen molar-refractivity contribution >= 4 is 5.96 Å². The summed E-state index contributed by atoms with van der Waals surface area (Å²) in [4.78, 5) is 4.22. The number of nitrogens with zero attached hydrogens (tertiary/aromatic N) is 1. The molecule has 0 radical (unpaired) electrons. The second-order valence-corrected chi connectivity index (χ2v) is 5.43. The summed E-state index contributed by atoms with van der Waals surface area (Å²) in [5.74, 6) is 1.63. The fraction of sp³-hybridized carbons (Fsp3) is 0.350. The van der Waals surface area contributed by atoms with Crippen LogP contribution in [0.2, 0.25) is 0 Å². The van der Waals surface area contributed by atoms with E-state index in [9.17, 15) is 0 Å². The second-order valence-electron chi connectivity index (χ2n) is 5.43. The molecule has 2 rings (SSSR count). The van der Waals surface area contributed by atoms with Gasteiger partial charge < -0.3 is 20.1 Å². The van der Waals surface area contributed by atoms with Crippen LogP contribution in [-0.2, 0) is 17.9 Å². The molecular weight excluding hydrogens is 314 g/mol. The van der Waals surface area contributed by atoms with E-state index in [2.05, 4.69) is 33.8 Å². The van der Waals surface area contributed by atoms with Crippen LogP contribution in [0.25, 0.3) is 0 Å². The molecule has 0 bridgehead atoms. The number of nitrogens with one attached hydrogen (secondary N) is 2. The lowest BCUT2D eigenvalue weighted by atomic mass is 10.2. The zero-order chi connectivity index (χ0) is 17.7. The van der Waals surface area contributed by atoms with Gasteiger partial charge in [-0.25, -0.2) is 0 Å². The van der Waals surface area contributed by atoms with E-state index in [1.165, 1.54) is 0 Å². The third-order valence-corrected chi connectivity index (χ3v) is 3.62. The van der Waals surface area contributed by atoms with Gasteiger partial charge >= 0.3 is 0 Å². The molecular formula is C20H27N3O2. The summed E-state index contributed by atoms with van der Waals surface area (Å²) in [5, 5.41) is 6.53. The van der Waals surface area contributed by atoms with Crippen molar-refractivity contribution in [2.45, 2.75) is 20.1 Å². The van der Waals surface area contributed by atoms with Gasteiger partial charge in [0, 0.05) is 32.3 Å². The molecule has 134 valence electrons. The molecule has 0 aromatic heterocycles. The van der Waals surface area contributed by atoms with Crippen molar-refractivity contribution in [3.8, 4) is 5.75 Å². The minimum atomic E-state index is 0.555. The molecule has 2 aromatic carbocycles. The zero-order valence-corrected chi connectivity index (χ0v) is 15.0. The standard InChI is InChI=1S/C20H27N3O2/c1-3-24-14-13-22-20(21-2)23-15-18-11-7-8-12-19(18)25-16-17-9-5-4-6-10-17/h4-12H,3,13-16H2,1-2H3,(H2,21,22,23). The highest BCUT2D eigenvalue weighted by molar-refractivity contribution is 5.79. The third-order valence-electron chi connectivity index (χ3n) is 3.62. The predicted octanol–water partition coefficient (Wildman–Crippen LogP) is 2.97. The van der Waals surface area contributed by atoms with Gasteiger partial charge in [-0.3, -0.25) is 4.99 Å². The Balaban J connectivity index is 1.86. The molecule has 0 saturated carbocycles. The van der Waals surface area contributed by atoms with Gasteiger partial charge in [0.2, 0.25) is 0 Å². The topological polar surface area (TPSA) is 54.9 Å². The van der Waals surface area contributed by atoms with E-state index in [4.69, 9.17) is 9.47 Å². The molecule has 0 amide bonds. The van der Waals surface area contributed by atoms with Gasteiger partial charge in [0.05, 0.1) is 6.61 Å². The Morgan fingerprint density at radius 1 is 1.00 bits per heavy atom. The molecule has 2 N–H and O–H groups in total. The summed E-state index contributed by atoms with van der Waals surface area (Å²) in [5.41, 5.74) is 2.24. The Morgan fingerprint density at radius 2 is 1.76 bits per heavy atom. The first kappa shape index (κ1) is 18.8. The van der Waals surface area contributed by atoms with Crippen LogP contribution in [0.3, 0.4) is 0 Å². The average Bonchev–Trinajstić information content (AvgIpc) is 2.67. The summed E-state index contributed by atoms with van der Waals surface area (Å²) >= 11 is 0. The van der Waals surface area contributed by atoms with Gasteiger partial charge in [-0.15, -0.1) is 0 Å². The summed E-state index contributed by atoms with van der Waals surface area (Å²) in [6, 6.07) is 18.2. The van der Waals surface area contributed by atoms with Crippen LogP contribution in [0.1, 0.15) is 18.1 Å². The number of rotatable bonds is 9. The maximum atomic E-state index is 5.98. The molecule has 2 aromatic rings. The van der Waals surface area contributed by atoms with Crippen molar-refractivity contribution in [3.05, 3.63) is 65.7 Å². The maximum absolute atomic E-state index is 5.98. The molecule has 0 spiro atoms. The van der Waals surface area contributed by atoms with Crippen LogP contribution >= 0.6 is 0 Å². The van der Waals surface area contributed by atoms with Crippen molar-refractivity contribution in [1.29, 1.82) is 0 Å². The summed E-state index contributed by atoms with van der Waals surface area (Å²) in [7, 11) is 1.76. The molecule has 0 atom stereocenters. The van der Waals surface area contributed by atoms with E-state index in [1.807, 2.05) is 43.3 Å². The number of guanidine groups is 1. The maximum Gasteiger partial charge on any atom is 0.191 e. The first-order valence-corrected chi connectivity index (χ1v) is 8.60. The number of aliphatic imine (C=N–C) groups is 1. The molecule has 25 heavy (non-hydrogen) atoms. The van der Waals surface area contributed by atoms with Crippen molar-refractivity contribution < 1.29 is 9.47 Å². The second kappa shape index (κ2) is 11.1. The average molecular weight is 341 g/mol. The highest BCUT2D eigenvalue weighted by Crippen LogP contribution is 2.19. The highest BCUT2D eigenvalue weighted by atomic mass is 16.5. The van der Waals surface area contributed by atoms with Gasteiger partial charge in [0.25, 0.3) is 0 Å². The quantitative estimate of drug-likeness (QED) is 0.418. The van der Waals surface area contributed by atoms with Crippen molar-refractivity contribution in [2.75, 3.05) is 26.8 Å². The number of hydrogen-bond acceptors (Lipinski definition) is 3. The number of para-hydroxylation sites is 1. The fourth-order valence-electron chi connectivity index (χ4n) is 2.31. The zero-order valence-electron chi connectivity index (χ0n) is 15.0. The lowest BCUT2D eigenvalue weighted by Gasteiger charge is -2.15. The van der Waals surface area contributed by atoms with Crippen LogP contribution in [0.15, 0.2) is 59.6 Å². The number of benzene rings is 2. The molecule has 0 aliphatic rings. The minimum absolute atomic E-state index is 0.555. The van der Waals surface area contributed by atoms with Crippen LogP contribution in [0.4, 0.5) is 0 Å². The monoisotopic (exact) mass is 341 g/mol. The fourth-order valence-corrected chi connectivity index (χ4v) is 2.31. The number of ether oxygens (including phenoxy) is 2. The van der Waals surface area contributed by atoms with E-state index in [1.54, 1.807) is 7.05 Å². The first-order chi connectivity index (χ1) is 12.3. The first-order valence-electron chi connectivity index (χ1n) is 8.60. The molecule has 0 aliphatic carbocycles. The molecule has 0 heterocycles. The Hall–Kier alpha value is -2.53. The van der Waals surface area contributed by atoms with Gasteiger partial charge in [0.15, 0.2) is 5.96 Å². The van der Waals surface area contributed by atoms with E-state index < -0.39 is 0 Å². The molecule has 5 nitrogen and oxygen atoms in total. The number of hydrogen-bond donors (Lipinski definition) is 2. The Bertz CT molecular complexity index is 644. The van der Waals surface area contributed by atoms with Crippen LogP contribution in [0.5, 0.6) is 5.75 Å². The molecule has 5 heteroatoms. The van der Waals surface area contributed by atoms with Crippen LogP contribution < -0.4 is 15.4 Å². The lowest BCUT2D eigenvalue weighted by Crippen LogP contribution is -2.38. The highest BCUT2D eigenvalue weighted by Gasteiger charge is 2.05. The third kappa shape index (κ3) is 6.85. The lowest BCUT2D eigenvalue weighted by molar-refractivity contribution is 0.152. The smallest absolute Gasteiger partial charge is 0.191 e. The minimum Gasteiger partial charge on any atom is -0.489 e. The molecule has 0 aliphatic heterocycles. The predicted molar refractivity (Wildman–Crippen MR) is 102 cm³/mol. The molecule has 0 fully saturated rings. The molecule has 0 saturated heterocycles. The van der Waals surface area contributed by atoms with Crippen molar-refractivity contribution in [2.24, 2.45) is 4.99 Å². The van der Waals surface area contributed by atoms with E-state index >= 15 is 0 Å². The summed E-state index contributed by atoms with van der Waals surface area (Å²) in [6.45, 7) is 5.28. The summed E-state index contributed by atoms with van der Waals surface area (Å²) in [6.07, 6.45) is 0. The van der Waals surface area contributed by atoms with Gasteiger partial charge in [-0.05, 0) is 18.6 Å².